The third-order valence-corrected chi connectivity index (χ3v) is 3.33. The van der Waals surface area contributed by atoms with Gasteiger partial charge in [0.25, 0.3) is 0 Å². The number of amides is 1. The summed E-state index contributed by atoms with van der Waals surface area (Å²) in [6.45, 7) is 3.80. The molecular formula is C14H20N2O. The smallest absolute Gasteiger partial charge is 0.237 e. The van der Waals surface area contributed by atoms with Crippen molar-refractivity contribution in [1.29, 1.82) is 0 Å². The first-order chi connectivity index (χ1) is 8.27. The molecule has 1 saturated heterocycles. The monoisotopic (exact) mass is 232 g/mol. The third kappa shape index (κ3) is 3.30. The van der Waals surface area contributed by atoms with Crippen LogP contribution < -0.4 is 10.6 Å². The largest absolute Gasteiger partial charge is 0.354 e. The van der Waals surface area contributed by atoms with E-state index in [9.17, 15) is 4.79 Å². The van der Waals surface area contributed by atoms with E-state index < -0.39 is 0 Å². The Morgan fingerprint density at radius 2 is 2.29 bits per heavy atom. The van der Waals surface area contributed by atoms with Gasteiger partial charge in [-0.3, -0.25) is 4.79 Å². The van der Waals surface area contributed by atoms with Gasteiger partial charge in [0.05, 0.1) is 6.04 Å². The van der Waals surface area contributed by atoms with Crippen LogP contribution in [0.2, 0.25) is 0 Å². The molecule has 0 saturated carbocycles. The summed E-state index contributed by atoms with van der Waals surface area (Å²) < 4.78 is 0. The van der Waals surface area contributed by atoms with Crippen LogP contribution in [0.15, 0.2) is 24.3 Å². The Kier molecular flexibility index (Phi) is 4.15. The van der Waals surface area contributed by atoms with Crippen LogP contribution >= 0.6 is 0 Å². The average molecular weight is 232 g/mol. The Labute approximate surface area is 103 Å². The molecule has 1 aromatic carbocycles. The number of aryl methyl sites for hydroxylation is 1. The van der Waals surface area contributed by atoms with E-state index in [2.05, 4.69) is 29.7 Å². The van der Waals surface area contributed by atoms with E-state index in [4.69, 9.17) is 0 Å². The summed E-state index contributed by atoms with van der Waals surface area (Å²) >= 11 is 0. The first-order valence-electron chi connectivity index (χ1n) is 6.33. The number of hydrogen-bond acceptors (Lipinski definition) is 2. The van der Waals surface area contributed by atoms with Crippen LogP contribution in [0.4, 0.5) is 0 Å². The average Bonchev–Trinajstić information content (AvgIpc) is 2.85. The number of hydrogen-bond donors (Lipinski definition) is 2. The molecule has 1 fully saturated rings. The van der Waals surface area contributed by atoms with E-state index in [1.807, 2.05) is 12.1 Å². The molecule has 0 radical (unpaired) electrons. The second kappa shape index (κ2) is 5.82. The first-order valence-corrected chi connectivity index (χ1v) is 6.33. The van der Waals surface area contributed by atoms with Gasteiger partial charge in [-0.15, -0.1) is 0 Å². The zero-order valence-electron chi connectivity index (χ0n) is 10.3. The normalized spacial score (nSPS) is 19.2. The van der Waals surface area contributed by atoms with Crippen molar-refractivity contribution in [3.05, 3.63) is 35.4 Å². The number of carbonyl (C=O) groups is 1. The Hall–Kier alpha value is -1.35. The molecule has 1 aromatic rings. The van der Waals surface area contributed by atoms with Gasteiger partial charge in [0.15, 0.2) is 0 Å². The Bertz CT molecular complexity index is 384. The van der Waals surface area contributed by atoms with Gasteiger partial charge in [-0.05, 0) is 43.9 Å². The molecule has 3 heteroatoms. The third-order valence-electron chi connectivity index (χ3n) is 3.33. The predicted molar refractivity (Wildman–Crippen MR) is 68.9 cm³/mol. The fraction of sp³-hybridized carbons (Fsp3) is 0.500. The van der Waals surface area contributed by atoms with Crippen LogP contribution in [0.1, 0.15) is 24.0 Å². The Morgan fingerprint density at radius 3 is 3.00 bits per heavy atom. The molecule has 17 heavy (non-hydrogen) atoms. The van der Waals surface area contributed by atoms with Crippen LogP contribution in [0.25, 0.3) is 0 Å². The fourth-order valence-corrected chi connectivity index (χ4v) is 2.24. The van der Waals surface area contributed by atoms with Crippen molar-refractivity contribution in [1.82, 2.24) is 10.6 Å². The van der Waals surface area contributed by atoms with E-state index in [-0.39, 0.29) is 11.9 Å². The minimum absolute atomic E-state index is 0.0341. The van der Waals surface area contributed by atoms with Gasteiger partial charge in [-0.25, -0.2) is 0 Å². The highest BCUT2D eigenvalue weighted by molar-refractivity contribution is 5.81. The lowest BCUT2D eigenvalue weighted by Gasteiger charge is -2.11. The van der Waals surface area contributed by atoms with E-state index in [0.717, 1.165) is 32.4 Å². The van der Waals surface area contributed by atoms with Crippen LogP contribution in [-0.2, 0) is 11.2 Å². The summed E-state index contributed by atoms with van der Waals surface area (Å²) in [6.07, 6.45) is 2.98. The topological polar surface area (TPSA) is 41.1 Å². The molecular weight excluding hydrogens is 212 g/mol. The van der Waals surface area contributed by atoms with Crippen LogP contribution in [0.5, 0.6) is 0 Å². The van der Waals surface area contributed by atoms with E-state index in [1.54, 1.807) is 0 Å². The van der Waals surface area contributed by atoms with Crippen molar-refractivity contribution < 1.29 is 4.79 Å². The van der Waals surface area contributed by atoms with Crippen molar-refractivity contribution in [2.75, 3.05) is 13.1 Å². The lowest BCUT2D eigenvalue weighted by atomic mass is 10.1. The maximum Gasteiger partial charge on any atom is 0.237 e. The molecule has 1 heterocycles. The lowest BCUT2D eigenvalue weighted by Crippen LogP contribution is -2.41. The Morgan fingerprint density at radius 1 is 1.47 bits per heavy atom. The minimum atomic E-state index is 0.0341. The van der Waals surface area contributed by atoms with Crippen molar-refractivity contribution >= 4 is 5.91 Å². The number of benzene rings is 1. The Balaban J connectivity index is 1.76. The van der Waals surface area contributed by atoms with E-state index >= 15 is 0 Å². The molecule has 1 atom stereocenters. The summed E-state index contributed by atoms with van der Waals surface area (Å²) in [6, 6.07) is 8.35. The minimum Gasteiger partial charge on any atom is -0.354 e. The second-order valence-corrected chi connectivity index (χ2v) is 4.62. The SMILES string of the molecule is Cc1ccccc1CCNC(=O)[C@@H]1CCCN1. The van der Waals surface area contributed by atoms with Gasteiger partial charge in [0.1, 0.15) is 0 Å². The highest BCUT2D eigenvalue weighted by Gasteiger charge is 2.21. The van der Waals surface area contributed by atoms with E-state index in [0.29, 0.717) is 0 Å². The molecule has 0 bridgehead atoms. The first kappa shape index (κ1) is 12.1. The molecule has 1 amide bonds. The molecule has 3 nitrogen and oxygen atoms in total. The molecule has 0 spiro atoms. The molecule has 0 unspecified atom stereocenters. The fourth-order valence-electron chi connectivity index (χ4n) is 2.24. The summed E-state index contributed by atoms with van der Waals surface area (Å²) in [4.78, 5) is 11.7. The van der Waals surface area contributed by atoms with Crippen molar-refractivity contribution in [2.24, 2.45) is 0 Å². The maximum atomic E-state index is 11.7. The molecule has 1 aliphatic rings. The van der Waals surface area contributed by atoms with Gasteiger partial charge >= 0.3 is 0 Å². The maximum absolute atomic E-state index is 11.7. The lowest BCUT2D eigenvalue weighted by molar-refractivity contribution is -0.122. The van der Waals surface area contributed by atoms with Crippen LogP contribution in [0.3, 0.4) is 0 Å². The predicted octanol–water partition coefficient (Wildman–Crippen LogP) is 1.41. The molecule has 0 aliphatic carbocycles. The molecule has 2 N–H and O–H groups in total. The summed E-state index contributed by atoms with van der Waals surface area (Å²) in [7, 11) is 0. The van der Waals surface area contributed by atoms with Gasteiger partial charge in [-0.1, -0.05) is 24.3 Å². The van der Waals surface area contributed by atoms with Crippen molar-refractivity contribution in [2.45, 2.75) is 32.2 Å². The van der Waals surface area contributed by atoms with Crippen LogP contribution in [0, 0.1) is 6.92 Å². The standard InChI is InChI=1S/C14H20N2O/c1-11-5-2-3-6-12(11)8-10-16-14(17)13-7-4-9-15-13/h2-3,5-6,13,15H,4,7-10H2,1H3,(H,16,17)/t13-/m0/s1. The quantitative estimate of drug-likeness (QED) is 0.824. The van der Waals surface area contributed by atoms with Gasteiger partial charge in [-0.2, -0.15) is 0 Å². The van der Waals surface area contributed by atoms with Gasteiger partial charge < -0.3 is 10.6 Å². The van der Waals surface area contributed by atoms with Gasteiger partial charge in [0, 0.05) is 6.54 Å². The highest BCUT2D eigenvalue weighted by Crippen LogP contribution is 2.07. The molecule has 1 aliphatic heterocycles. The zero-order valence-corrected chi connectivity index (χ0v) is 10.3. The summed E-state index contributed by atoms with van der Waals surface area (Å²) in [5.41, 5.74) is 2.60. The number of nitrogens with one attached hydrogen (secondary N) is 2. The summed E-state index contributed by atoms with van der Waals surface area (Å²) in [5, 5.41) is 6.20. The number of carbonyl (C=O) groups excluding carboxylic acids is 1. The molecule has 92 valence electrons. The molecule has 2 rings (SSSR count). The molecule has 0 aromatic heterocycles. The zero-order chi connectivity index (χ0) is 12.1. The summed E-state index contributed by atoms with van der Waals surface area (Å²) in [5.74, 6) is 0.149. The van der Waals surface area contributed by atoms with Crippen molar-refractivity contribution in [3.8, 4) is 0 Å². The second-order valence-electron chi connectivity index (χ2n) is 4.62. The number of rotatable bonds is 4. The van der Waals surface area contributed by atoms with E-state index in [1.165, 1.54) is 11.1 Å². The van der Waals surface area contributed by atoms with Crippen LogP contribution in [-0.4, -0.2) is 25.0 Å². The van der Waals surface area contributed by atoms with Gasteiger partial charge in [0.2, 0.25) is 5.91 Å². The highest BCUT2D eigenvalue weighted by atomic mass is 16.2. The van der Waals surface area contributed by atoms with Crippen molar-refractivity contribution in [3.63, 3.8) is 0 Å².